The Hall–Kier alpha value is -1.38. The summed E-state index contributed by atoms with van der Waals surface area (Å²) in [6.45, 7) is 0. The maximum atomic E-state index is 12.2. The number of halogens is 3. The van der Waals surface area contributed by atoms with Crippen molar-refractivity contribution in [3.8, 4) is 0 Å². The maximum Gasteiger partial charge on any atom is 0.270 e. The predicted octanol–water partition coefficient (Wildman–Crippen LogP) is 4.76. The number of carbonyl (C=O) groups excluding carboxylic acids is 1. The highest BCUT2D eigenvalue weighted by Gasteiger charge is 2.16. The Kier molecular flexibility index (Phi) is 5.02. The SMILES string of the molecule is O=C(Nc1ccc(Cl)cc1Cl)c1cc([N+](=O)[O-])ccc1I. The van der Waals surface area contributed by atoms with Crippen molar-refractivity contribution >= 4 is 63.1 Å². The third-order valence-corrected chi connectivity index (χ3v) is 4.07. The van der Waals surface area contributed by atoms with Crippen molar-refractivity contribution in [1.82, 2.24) is 0 Å². The van der Waals surface area contributed by atoms with Gasteiger partial charge in [-0.25, -0.2) is 0 Å². The molecule has 0 heterocycles. The van der Waals surface area contributed by atoms with E-state index in [0.717, 1.165) is 0 Å². The molecule has 2 rings (SSSR count). The van der Waals surface area contributed by atoms with Gasteiger partial charge < -0.3 is 5.32 Å². The van der Waals surface area contributed by atoms with Crippen LogP contribution in [-0.4, -0.2) is 10.8 Å². The summed E-state index contributed by atoms with van der Waals surface area (Å²) >= 11 is 13.7. The number of non-ortho nitro benzene ring substituents is 1. The summed E-state index contributed by atoms with van der Waals surface area (Å²) in [6, 6.07) is 8.72. The monoisotopic (exact) mass is 436 g/mol. The third-order valence-electron chi connectivity index (χ3n) is 2.58. The topological polar surface area (TPSA) is 72.2 Å². The van der Waals surface area contributed by atoms with Gasteiger partial charge in [-0.15, -0.1) is 0 Å². The van der Waals surface area contributed by atoms with Crippen LogP contribution >= 0.6 is 45.8 Å². The quantitative estimate of drug-likeness (QED) is 0.428. The van der Waals surface area contributed by atoms with E-state index in [1.165, 1.54) is 24.3 Å². The zero-order valence-electron chi connectivity index (χ0n) is 10.3. The molecule has 21 heavy (non-hydrogen) atoms. The summed E-state index contributed by atoms with van der Waals surface area (Å²) in [7, 11) is 0. The van der Waals surface area contributed by atoms with Crippen LogP contribution in [0.15, 0.2) is 36.4 Å². The minimum absolute atomic E-state index is 0.150. The van der Waals surface area contributed by atoms with E-state index in [-0.39, 0.29) is 16.3 Å². The molecule has 0 aliphatic carbocycles. The molecule has 0 bridgehead atoms. The van der Waals surface area contributed by atoms with Gasteiger partial charge >= 0.3 is 0 Å². The Morgan fingerprint density at radius 3 is 2.52 bits per heavy atom. The van der Waals surface area contributed by atoms with Crippen LogP contribution in [0.3, 0.4) is 0 Å². The van der Waals surface area contributed by atoms with Crippen LogP contribution in [0.1, 0.15) is 10.4 Å². The molecule has 1 amide bonds. The van der Waals surface area contributed by atoms with Gasteiger partial charge in [-0.3, -0.25) is 14.9 Å². The average molecular weight is 437 g/mol. The normalized spacial score (nSPS) is 10.2. The van der Waals surface area contributed by atoms with Crippen molar-refractivity contribution in [2.75, 3.05) is 5.32 Å². The molecule has 0 fully saturated rings. The molecule has 0 unspecified atom stereocenters. The first-order valence-electron chi connectivity index (χ1n) is 5.59. The second kappa shape index (κ2) is 6.59. The number of rotatable bonds is 3. The lowest BCUT2D eigenvalue weighted by atomic mass is 10.2. The van der Waals surface area contributed by atoms with Crippen molar-refractivity contribution in [1.29, 1.82) is 0 Å². The Balaban J connectivity index is 2.32. The van der Waals surface area contributed by atoms with Crippen molar-refractivity contribution in [2.24, 2.45) is 0 Å². The third kappa shape index (κ3) is 3.84. The fourth-order valence-electron chi connectivity index (χ4n) is 1.58. The lowest BCUT2D eigenvalue weighted by Crippen LogP contribution is -2.14. The molecule has 0 aliphatic rings. The van der Waals surface area contributed by atoms with Crippen LogP contribution in [0.4, 0.5) is 11.4 Å². The zero-order valence-corrected chi connectivity index (χ0v) is 13.9. The number of benzene rings is 2. The summed E-state index contributed by atoms with van der Waals surface area (Å²) in [5.74, 6) is -0.479. The van der Waals surface area contributed by atoms with Gasteiger partial charge in [0, 0.05) is 20.7 Å². The van der Waals surface area contributed by atoms with Gasteiger partial charge in [-0.2, -0.15) is 0 Å². The fourth-order valence-corrected chi connectivity index (χ4v) is 2.62. The Morgan fingerprint density at radius 1 is 1.19 bits per heavy atom. The lowest BCUT2D eigenvalue weighted by molar-refractivity contribution is -0.384. The molecular weight excluding hydrogens is 430 g/mol. The molecule has 0 radical (unpaired) electrons. The second-order valence-electron chi connectivity index (χ2n) is 4.00. The largest absolute Gasteiger partial charge is 0.321 e. The standard InChI is InChI=1S/C13H7Cl2IN2O3/c14-7-1-4-12(10(15)5-7)17-13(19)9-6-8(18(20)21)2-3-11(9)16/h1-6H,(H,17,19). The molecular formula is C13H7Cl2IN2O3. The molecule has 5 nitrogen and oxygen atoms in total. The summed E-state index contributed by atoms with van der Waals surface area (Å²) < 4.78 is 0.598. The minimum atomic E-state index is -0.553. The van der Waals surface area contributed by atoms with Gasteiger partial charge in [0.1, 0.15) is 0 Å². The molecule has 0 aliphatic heterocycles. The Morgan fingerprint density at radius 2 is 1.90 bits per heavy atom. The first kappa shape index (κ1) is 16.0. The summed E-state index contributed by atoms with van der Waals surface area (Å²) in [4.78, 5) is 22.4. The number of nitro benzene ring substituents is 1. The number of carbonyl (C=O) groups is 1. The first-order valence-corrected chi connectivity index (χ1v) is 7.42. The molecule has 0 atom stereocenters. The number of nitrogens with zero attached hydrogens (tertiary/aromatic N) is 1. The summed E-state index contributed by atoms with van der Waals surface area (Å²) in [5.41, 5.74) is 0.437. The number of nitro groups is 1. The number of anilines is 1. The molecule has 2 aromatic carbocycles. The van der Waals surface area contributed by atoms with Crippen molar-refractivity contribution in [3.63, 3.8) is 0 Å². The van der Waals surface area contributed by atoms with E-state index in [1.807, 2.05) is 22.6 Å². The summed E-state index contributed by atoms with van der Waals surface area (Å²) in [6.07, 6.45) is 0. The van der Waals surface area contributed by atoms with Crippen LogP contribution in [-0.2, 0) is 0 Å². The Bertz CT molecular complexity index is 737. The van der Waals surface area contributed by atoms with E-state index < -0.39 is 10.8 Å². The summed E-state index contributed by atoms with van der Waals surface area (Å²) in [5, 5.41) is 14.1. The van der Waals surface area contributed by atoms with Crippen LogP contribution in [0.2, 0.25) is 10.0 Å². The molecule has 0 aromatic heterocycles. The van der Waals surface area contributed by atoms with Gasteiger partial charge in [0.2, 0.25) is 0 Å². The van der Waals surface area contributed by atoms with E-state index >= 15 is 0 Å². The highest BCUT2D eigenvalue weighted by atomic mass is 127. The van der Waals surface area contributed by atoms with Crippen LogP contribution in [0, 0.1) is 13.7 Å². The lowest BCUT2D eigenvalue weighted by Gasteiger charge is -2.08. The number of amides is 1. The highest BCUT2D eigenvalue weighted by molar-refractivity contribution is 14.1. The molecule has 8 heteroatoms. The number of hydrogen-bond donors (Lipinski definition) is 1. The number of hydrogen-bond acceptors (Lipinski definition) is 3. The number of nitrogens with one attached hydrogen (secondary N) is 1. The van der Waals surface area contributed by atoms with E-state index in [2.05, 4.69) is 5.32 Å². The molecule has 1 N–H and O–H groups in total. The van der Waals surface area contributed by atoms with Gasteiger partial charge in [-0.1, -0.05) is 23.2 Å². The molecule has 0 spiro atoms. The van der Waals surface area contributed by atoms with Crippen LogP contribution < -0.4 is 5.32 Å². The van der Waals surface area contributed by atoms with Crippen molar-refractivity contribution in [3.05, 3.63) is 65.7 Å². The predicted molar refractivity (Wildman–Crippen MR) is 90.2 cm³/mol. The Labute approximate surface area is 143 Å². The fraction of sp³-hybridized carbons (Fsp3) is 0. The van der Waals surface area contributed by atoms with E-state index in [9.17, 15) is 14.9 Å². The van der Waals surface area contributed by atoms with Gasteiger partial charge in [-0.05, 0) is 46.9 Å². The van der Waals surface area contributed by atoms with E-state index in [1.54, 1.807) is 12.1 Å². The molecule has 0 saturated heterocycles. The first-order chi connectivity index (χ1) is 9.88. The average Bonchev–Trinajstić information content (AvgIpc) is 2.42. The van der Waals surface area contributed by atoms with Gasteiger partial charge in [0.25, 0.3) is 11.6 Å². The van der Waals surface area contributed by atoms with E-state index in [0.29, 0.717) is 14.3 Å². The van der Waals surface area contributed by atoms with Crippen molar-refractivity contribution in [2.45, 2.75) is 0 Å². The maximum absolute atomic E-state index is 12.2. The second-order valence-corrected chi connectivity index (χ2v) is 6.01. The molecule has 108 valence electrons. The molecule has 2 aromatic rings. The molecule has 0 saturated carbocycles. The highest BCUT2D eigenvalue weighted by Crippen LogP contribution is 2.27. The zero-order chi connectivity index (χ0) is 15.6. The van der Waals surface area contributed by atoms with E-state index in [4.69, 9.17) is 23.2 Å². The van der Waals surface area contributed by atoms with Crippen molar-refractivity contribution < 1.29 is 9.72 Å². The van der Waals surface area contributed by atoms with Gasteiger partial charge in [0.15, 0.2) is 0 Å². The van der Waals surface area contributed by atoms with Crippen LogP contribution in [0.5, 0.6) is 0 Å². The smallest absolute Gasteiger partial charge is 0.270 e. The van der Waals surface area contributed by atoms with Gasteiger partial charge in [0.05, 0.1) is 21.2 Å². The van der Waals surface area contributed by atoms with Crippen LogP contribution in [0.25, 0.3) is 0 Å². The minimum Gasteiger partial charge on any atom is -0.321 e.